The number of allylic oxidation sites excluding steroid dienone is 3. The minimum atomic E-state index is -1.34. The first-order valence-corrected chi connectivity index (χ1v) is 7.10. The first-order chi connectivity index (χ1) is 9.37. The van der Waals surface area contributed by atoms with Crippen molar-refractivity contribution in [2.24, 2.45) is 0 Å². The molecule has 20 heavy (non-hydrogen) atoms. The summed E-state index contributed by atoms with van der Waals surface area (Å²) < 4.78 is 10.9. The summed E-state index contributed by atoms with van der Waals surface area (Å²) in [5.41, 5.74) is 0.00790. The van der Waals surface area contributed by atoms with Crippen molar-refractivity contribution in [1.29, 1.82) is 0 Å². The zero-order chi connectivity index (χ0) is 15.0. The number of epoxide rings is 1. The number of methoxy groups -OCH3 is 1. The van der Waals surface area contributed by atoms with Crippen molar-refractivity contribution in [2.45, 2.75) is 57.3 Å². The van der Waals surface area contributed by atoms with Crippen LogP contribution in [-0.4, -0.2) is 41.9 Å². The first kappa shape index (κ1) is 15.4. The van der Waals surface area contributed by atoms with Crippen molar-refractivity contribution in [3.05, 3.63) is 23.3 Å². The molecule has 1 saturated carbocycles. The van der Waals surface area contributed by atoms with Gasteiger partial charge in [-0.25, -0.2) is 0 Å². The molecule has 1 heterocycles. The van der Waals surface area contributed by atoms with Gasteiger partial charge in [-0.1, -0.05) is 17.7 Å². The molecule has 0 aromatic carbocycles. The highest BCUT2D eigenvalue weighted by Crippen LogP contribution is 2.51. The zero-order valence-corrected chi connectivity index (χ0v) is 12.7. The van der Waals surface area contributed by atoms with Gasteiger partial charge in [0.25, 0.3) is 0 Å². The van der Waals surface area contributed by atoms with Crippen molar-refractivity contribution < 1.29 is 19.4 Å². The summed E-state index contributed by atoms with van der Waals surface area (Å²) in [5.74, 6) is -0.0499. The highest BCUT2D eigenvalue weighted by molar-refractivity contribution is 5.87. The average Bonchev–Trinajstić information content (AvgIpc) is 3.16. The lowest BCUT2D eigenvalue weighted by Crippen LogP contribution is -2.62. The van der Waals surface area contributed by atoms with Crippen LogP contribution in [0.4, 0.5) is 0 Å². The lowest BCUT2D eigenvalue weighted by atomic mass is 9.68. The Morgan fingerprint density at radius 3 is 2.60 bits per heavy atom. The van der Waals surface area contributed by atoms with Crippen molar-refractivity contribution in [3.8, 4) is 0 Å². The highest BCUT2D eigenvalue weighted by atomic mass is 16.6. The van der Waals surface area contributed by atoms with Crippen molar-refractivity contribution in [2.75, 3.05) is 13.7 Å². The van der Waals surface area contributed by atoms with E-state index in [2.05, 4.69) is 6.08 Å². The summed E-state index contributed by atoms with van der Waals surface area (Å²) in [7, 11) is 1.47. The average molecular weight is 280 g/mol. The Balaban J connectivity index is 2.31. The van der Waals surface area contributed by atoms with Gasteiger partial charge < -0.3 is 14.6 Å². The maximum atomic E-state index is 12.1. The van der Waals surface area contributed by atoms with Crippen LogP contribution in [0, 0.1) is 0 Å². The third-order valence-corrected chi connectivity index (χ3v) is 4.42. The predicted octanol–water partition coefficient (Wildman–Crippen LogP) is 2.17. The number of carbonyl (C=O) groups excluding carboxylic acids is 1. The van der Waals surface area contributed by atoms with E-state index in [1.54, 1.807) is 0 Å². The molecule has 0 bridgehead atoms. The number of ketones is 1. The van der Waals surface area contributed by atoms with Crippen LogP contribution in [0.3, 0.4) is 0 Å². The maximum Gasteiger partial charge on any atom is 0.165 e. The van der Waals surface area contributed by atoms with E-state index in [-0.39, 0.29) is 5.78 Å². The molecule has 0 aromatic heterocycles. The van der Waals surface area contributed by atoms with Gasteiger partial charge in [-0.15, -0.1) is 0 Å². The second-order valence-corrected chi connectivity index (χ2v) is 6.04. The summed E-state index contributed by atoms with van der Waals surface area (Å²) >= 11 is 0. The fourth-order valence-corrected chi connectivity index (χ4v) is 3.07. The molecule has 1 spiro atoms. The number of ether oxygens (including phenoxy) is 2. The van der Waals surface area contributed by atoms with Gasteiger partial charge >= 0.3 is 0 Å². The molecular weight excluding hydrogens is 256 g/mol. The topological polar surface area (TPSA) is 59.1 Å². The lowest BCUT2D eigenvalue weighted by Gasteiger charge is -2.43. The first-order valence-electron chi connectivity index (χ1n) is 7.10. The molecule has 3 atom stereocenters. The molecule has 2 rings (SSSR count). The second-order valence-electron chi connectivity index (χ2n) is 6.04. The van der Waals surface area contributed by atoms with Crippen molar-refractivity contribution >= 4 is 5.78 Å². The summed E-state index contributed by atoms with van der Waals surface area (Å²) in [6.45, 7) is 6.41. The van der Waals surface area contributed by atoms with Gasteiger partial charge in [0, 0.05) is 13.5 Å². The van der Waals surface area contributed by atoms with Crippen molar-refractivity contribution in [3.63, 3.8) is 0 Å². The van der Waals surface area contributed by atoms with Gasteiger partial charge in [-0.05, 0) is 39.2 Å². The van der Waals surface area contributed by atoms with Gasteiger partial charge in [0.2, 0.25) is 0 Å². The van der Waals surface area contributed by atoms with E-state index in [0.29, 0.717) is 19.4 Å². The molecule has 2 fully saturated rings. The Labute approximate surface area is 120 Å². The van der Waals surface area contributed by atoms with Crippen LogP contribution in [0.5, 0.6) is 0 Å². The third-order valence-electron chi connectivity index (χ3n) is 4.42. The van der Waals surface area contributed by atoms with Crippen LogP contribution in [0.2, 0.25) is 0 Å². The third kappa shape index (κ3) is 2.36. The molecule has 2 aliphatic rings. The van der Waals surface area contributed by atoms with E-state index in [0.717, 1.165) is 12.0 Å². The molecular formula is C16H24O4. The van der Waals surface area contributed by atoms with Crippen LogP contribution in [0.25, 0.3) is 0 Å². The Kier molecular flexibility index (Phi) is 4.19. The summed E-state index contributed by atoms with van der Waals surface area (Å²) in [6, 6.07) is 0. The Morgan fingerprint density at radius 2 is 2.10 bits per heavy atom. The summed E-state index contributed by atoms with van der Waals surface area (Å²) in [6.07, 6.45) is 4.91. The number of carbonyl (C=O) groups is 1. The van der Waals surface area contributed by atoms with E-state index in [1.807, 2.05) is 26.8 Å². The molecule has 3 unspecified atom stereocenters. The molecule has 1 aliphatic carbocycles. The number of hydrogen-bond donors (Lipinski definition) is 1. The molecule has 0 amide bonds. The number of aliphatic hydroxyl groups is 1. The van der Waals surface area contributed by atoms with Gasteiger partial charge in [0.15, 0.2) is 11.9 Å². The van der Waals surface area contributed by atoms with Crippen LogP contribution in [0.1, 0.15) is 40.0 Å². The standard InChI is InChI=1S/C16H24O4/c1-11(2)6-5-7-12(3)16(18)14(19-4)13(17)8-9-15(16)10-20-15/h6-7,14,18H,5,8-10H2,1-4H3. The minimum Gasteiger partial charge on any atom is -0.379 e. The minimum absolute atomic E-state index is 0.0499. The Hall–Kier alpha value is -0.970. The fraction of sp³-hybridized carbons (Fsp3) is 0.688. The van der Waals surface area contributed by atoms with Gasteiger partial charge in [0.05, 0.1) is 6.61 Å². The Morgan fingerprint density at radius 1 is 1.45 bits per heavy atom. The largest absolute Gasteiger partial charge is 0.379 e. The Bertz CT molecular complexity index is 455. The van der Waals surface area contributed by atoms with Crippen molar-refractivity contribution in [1.82, 2.24) is 0 Å². The van der Waals surface area contributed by atoms with E-state index in [9.17, 15) is 9.90 Å². The maximum absolute atomic E-state index is 12.1. The zero-order valence-electron chi connectivity index (χ0n) is 12.7. The van der Waals surface area contributed by atoms with E-state index < -0.39 is 17.3 Å². The van der Waals surface area contributed by atoms with Gasteiger partial charge in [-0.3, -0.25) is 4.79 Å². The van der Waals surface area contributed by atoms with Gasteiger partial charge in [-0.2, -0.15) is 0 Å². The van der Waals surface area contributed by atoms with E-state index in [1.165, 1.54) is 12.7 Å². The smallest absolute Gasteiger partial charge is 0.165 e. The molecule has 112 valence electrons. The predicted molar refractivity (Wildman–Crippen MR) is 76.5 cm³/mol. The molecule has 1 saturated heterocycles. The van der Waals surface area contributed by atoms with Crippen LogP contribution in [-0.2, 0) is 14.3 Å². The quantitative estimate of drug-likeness (QED) is 0.633. The number of Topliss-reactive ketones (excluding diaryl/α,β-unsaturated/α-hetero) is 1. The molecule has 0 aromatic rings. The molecule has 0 radical (unpaired) electrons. The van der Waals surface area contributed by atoms with Crippen LogP contribution >= 0.6 is 0 Å². The summed E-state index contributed by atoms with van der Waals surface area (Å²) in [5, 5.41) is 11.2. The highest BCUT2D eigenvalue weighted by Gasteiger charge is 2.68. The van der Waals surface area contributed by atoms with E-state index in [4.69, 9.17) is 9.47 Å². The molecule has 4 nitrogen and oxygen atoms in total. The van der Waals surface area contributed by atoms with Crippen LogP contribution < -0.4 is 0 Å². The molecule has 4 heteroatoms. The van der Waals surface area contributed by atoms with Crippen LogP contribution in [0.15, 0.2) is 23.3 Å². The second kappa shape index (κ2) is 5.43. The number of hydrogen-bond acceptors (Lipinski definition) is 4. The normalized spacial score (nSPS) is 37.1. The molecule has 1 N–H and O–H groups in total. The van der Waals surface area contributed by atoms with E-state index >= 15 is 0 Å². The fourth-order valence-electron chi connectivity index (χ4n) is 3.07. The number of rotatable bonds is 4. The SMILES string of the molecule is COC1C(=O)CCC2(CO2)C1(O)C(C)=CCC=C(C)C. The lowest BCUT2D eigenvalue weighted by molar-refractivity contribution is -0.163. The monoisotopic (exact) mass is 280 g/mol. The summed E-state index contributed by atoms with van der Waals surface area (Å²) in [4.78, 5) is 12.1. The molecule has 1 aliphatic heterocycles. The van der Waals surface area contributed by atoms with Gasteiger partial charge in [0.1, 0.15) is 11.2 Å².